The van der Waals surface area contributed by atoms with E-state index in [4.69, 9.17) is 17.0 Å². The molecule has 0 bridgehead atoms. The summed E-state index contributed by atoms with van der Waals surface area (Å²) < 4.78 is 9.10. The van der Waals surface area contributed by atoms with Crippen molar-refractivity contribution in [3.05, 3.63) is 34.1 Å². The summed E-state index contributed by atoms with van der Waals surface area (Å²) in [7, 11) is 0. The van der Waals surface area contributed by atoms with Crippen LogP contribution < -0.4 is 0 Å². The number of likely N-dealkylation sites (tertiary alicyclic amines) is 1. The number of ether oxygens (including phenoxy) is 1. The SMILES string of the molecule is CCOC(=O)[C@@H]1CCCN(Cn2nnn(-c3cc(C)cc(C)c3)c2=S)C1. The van der Waals surface area contributed by atoms with Crippen LogP contribution in [0.2, 0.25) is 0 Å². The molecule has 26 heavy (non-hydrogen) atoms. The van der Waals surface area contributed by atoms with Gasteiger partial charge in [-0.25, -0.2) is 4.68 Å². The molecule has 0 saturated carbocycles. The maximum Gasteiger partial charge on any atom is 0.310 e. The lowest BCUT2D eigenvalue weighted by atomic mass is 9.99. The lowest BCUT2D eigenvalue weighted by Gasteiger charge is -2.30. The van der Waals surface area contributed by atoms with Crippen molar-refractivity contribution in [1.29, 1.82) is 0 Å². The van der Waals surface area contributed by atoms with Gasteiger partial charge in [0.15, 0.2) is 0 Å². The van der Waals surface area contributed by atoms with E-state index in [1.54, 1.807) is 9.36 Å². The van der Waals surface area contributed by atoms with Crippen LogP contribution in [0.15, 0.2) is 18.2 Å². The topological polar surface area (TPSA) is 65.2 Å². The zero-order valence-corrected chi connectivity index (χ0v) is 16.3. The van der Waals surface area contributed by atoms with Crippen LogP contribution in [-0.2, 0) is 16.2 Å². The number of carbonyl (C=O) groups is 1. The van der Waals surface area contributed by atoms with Gasteiger partial charge in [-0.05, 0) is 86.1 Å². The number of aromatic nitrogens is 4. The van der Waals surface area contributed by atoms with Gasteiger partial charge in [-0.1, -0.05) is 6.07 Å². The van der Waals surface area contributed by atoms with Gasteiger partial charge >= 0.3 is 5.97 Å². The third-order valence-corrected chi connectivity index (χ3v) is 4.93. The van der Waals surface area contributed by atoms with Crippen LogP contribution in [-0.4, -0.2) is 50.4 Å². The first-order valence-electron chi connectivity index (χ1n) is 8.98. The molecule has 1 aliphatic heterocycles. The van der Waals surface area contributed by atoms with Crippen LogP contribution in [0.1, 0.15) is 30.9 Å². The van der Waals surface area contributed by atoms with Crippen LogP contribution in [0.4, 0.5) is 0 Å². The molecular formula is C18H25N5O2S. The molecule has 1 aliphatic rings. The quantitative estimate of drug-likeness (QED) is 0.591. The molecular weight excluding hydrogens is 350 g/mol. The van der Waals surface area contributed by atoms with Gasteiger partial charge in [0.1, 0.15) is 0 Å². The van der Waals surface area contributed by atoms with Crippen molar-refractivity contribution in [3.8, 4) is 5.69 Å². The second kappa shape index (κ2) is 8.09. The van der Waals surface area contributed by atoms with Crippen LogP contribution in [0.3, 0.4) is 0 Å². The summed E-state index contributed by atoms with van der Waals surface area (Å²) in [5, 5.41) is 8.44. The summed E-state index contributed by atoms with van der Waals surface area (Å²) in [4.78, 5) is 14.2. The van der Waals surface area contributed by atoms with Gasteiger partial charge in [0.05, 0.1) is 24.9 Å². The van der Waals surface area contributed by atoms with Crippen molar-refractivity contribution in [2.75, 3.05) is 19.7 Å². The minimum absolute atomic E-state index is 0.0765. The molecule has 0 aliphatic carbocycles. The van der Waals surface area contributed by atoms with E-state index in [1.165, 1.54) is 0 Å². The Balaban J connectivity index is 1.74. The zero-order chi connectivity index (χ0) is 18.7. The van der Waals surface area contributed by atoms with Crippen LogP contribution in [0, 0.1) is 24.5 Å². The maximum atomic E-state index is 12.0. The summed E-state index contributed by atoms with van der Waals surface area (Å²) in [5.74, 6) is -0.188. The average molecular weight is 375 g/mol. The number of esters is 1. The van der Waals surface area contributed by atoms with Gasteiger partial charge in [0.2, 0.25) is 4.77 Å². The molecule has 1 fully saturated rings. The third-order valence-electron chi connectivity index (χ3n) is 4.55. The fraction of sp³-hybridized carbons (Fsp3) is 0.556. The van der Waals surface area contributed by atoms with E-state index in [1.807, 2.05) is 32.9 Å². The Morgan fingerprint density at radius 2 is 2.00 bits per heavy atom. The molecule has 140 valence electrons. The normalized spacial score (nSPS) is 18.0. The number of benzene rings is 1. The Kier molecular flexibility index (Phi) is 5.83. The Morgan fingerprint density at radius 1 is 1.27 bits per heavy atom. The number of hydrogen-bond acceptors (Lipinski definition) is 6. The second-order valence-corrected chi connectivity index (χ2v) is 7.19. The summed E-state index contributed by atoms with van der Waals surface area (Å²) in [6, 6.07) is 6.19. The van der Waals surface area contributed by atoms with E-state index < -0.39 is 0 Å². The second-order valence-electron chi connectivity index (χ2n) is 6.83. The van der Waals surface area contributed by atoms with E-state index in [0.717, 1.165) is 36.2 Å². The maximum absolute atomic E-state index is 12.0. The van der Waals surface area contributed by atoms with Crippen LogP contribution in [0.25, 0.3) is 5.69 Å². The highest BCUT2D eigenvalue weighted by atomic mass is 32.1. The average Bonchev–Trinajstić information content (AvgIpc) is 2.95. The van der Waals surface area contributed by atoms with E-state index in [2.05, 4.69) is 21.4 Å². The Bertz CT molecular complexity index is 824. The van der Waals surface area contributed by atoms with E-state index in [0.29, 0.717) is 24.6 Å². The van der Waals surface area contributed by atoms with Gasteiger partial charge in [-0.3, -0.25) is 9.69 Å². The summed E-state index contributed by atoms with van der Waals surface area (Å²) in [6.45, 7) is 8.46. The molecule has 2 heterocycles. The lowest BCUT2D eigenvalue weighted by Crippen LogP contribution is -2.40. The minimum atomic E-state index is -0.111. The Morgan fingerprint density at radius 3 is 2.69 bits per heavy atom. The van der Waals surface area contributed by atoms with E-state index in [9.17, 15) is 4.79 Å². The highest BCUT2D eigenvalue weighted by Gasteiger charge is 2.27. The van der Waals surface area contributed by atoms with Crippen molar-refractivity contribution in [2.24, 2.45) is 5.92 Å². The molecule has 7 nitrogen and oxygen atoms in total. The molecule has 0 radical (unpaired) electrons. The number of rotatable bonds is 5. The number of hydrogen-bond donors (Lipinski definition) is 0. The molecule has 0 amide bonds. The molecule has 1 atom stereocenters. The molecule has 1 aromatic heterocycles. The van der Waals surface area contributed by atoms with Gasteiger partial charge in [0, 0.05) is 6.54 Å². The van der Waals surface area contributed by atoms with E-state index in [-0.39, 0.29) is 11.9 Å². The van der Waals surface area contributed by atoms with Crippen molar-refractivity contribution in [1.82, 2.24) is 24.7 Å². The predicted molar refractivity (Wildman–Crippen MR) is 101 cm³/mol. The first-order valence-corrected chi connectivity index (χ1v) is 9.39. The van der Waals surface area contributed by atoms with Crippen LogP contribution in [0.5, 0.6) is 0 Å². The number of aryl methyl sites for hydroxylation is 2. The van der Waals surface area contributed by atoms with Crippen molar-refractivity contribution >= 4 is 18.2 Å². The lowest BCUT2D eigenvalue weighted by molar-refractivity contribution is -0.150. The predicted octanol–water partition coefficient (Wildman–Crippen LogP) is 2.65. The number of tetrazole rings is 1. The molecule has 2 aromatic rings. The molecule has 8 heteroatoms. The number of piperidine rings is 1. The van der Waals surface area contributed by atoms with E-state index >= 15 is 0 Å². The van der Waals surface area contributed by atoms with Crippen molar-refractivity contribution in [2.45, 2.75) is 40.3 Å². The molecule has 0 N–H and O–H groups in total. The fourth-order valence-electron chi connectivity index (χ4n) is 3.42. The number of nitrogens with zero attached hydrogens (tertiary/aromatic N) is 5. The molecule has 3 rings (SSSR count). The highest BCUT2D eigenvalue weighted by molar-refractivity contribution is 7.71. The van der Waals surface area contributed by atoms with Gasteiger partial charge in [-0.15, -0.1) is 0 Å². The standard InChI is InChI=1S/C18H25N5O2S/c1-4-25-17(24)15-6-5-7-21(11-15)12-22-18(26)23(20-19-22)16-9-13(2)8-14(3)10-16/h8-10,15H,4-7,11-12H2,1-3H3/t15-/m1/s1. The molecule has 0 spiro atoms. The van der Waals surface area contributed by atoms with Crippen molar-refractivity contribution < 1.29 is 9.53 Å². The largest absolute Gasteiger partial charge is 0.466 e. The van der Waals surface area contributed by atoms with Gasteiger partial charge < -0.3 is 4.74 Å². The first kappa shape index (κ1) is 18.7. The van der Waals surface area contributed by atoms with Crippen molar-refractivity contribution in [3.63, 3.8) is 0 Å². The van der Waals surface area contributed by atoms with Gasteiger partial charge in [0.25, 0.3) is 0 Å². The fourth-order valence-corrected chi connectivity index (χ4v) is 3.66. The zero-order valence-electron chi connectivity index (χ0n) is 15.5. The van der Waals surface area contributed by atoms with Gasteiger partial charge in [-0.2, -0.15) is 4.68 Å². The monoisotopic (exact) mass is 375 g/mol. The smallest absolute Gasteiger partial charge is 0.310 e. The summed E-state index contributed by atoms with van der Waals surface area (Å²) in [5.41, 5.74) is 3.23. The summed E-state index contributed by atoms with van der Waals surface area (Å²) >= 11 is 5.57. The van der Waals surface area contributed by atoms with Crippen LogP contribution >= 0.6 is 12.2 Å². The molecule has 0 unspecified atom stereocenters. The minimum Gasteiger partial charge on any atom is -0.466 e. The Labute approximate surface area is 158 Å². The molecule has 1 saturated heterocycles. The number of carbonyl (C=O) groups excluding carboxylic acids is 1. The Hall–Kier alpha value is -2.06. The molecule has 1 aromatic carbocycles. The third kappa shape index (κ3) is 4.19. The highest BCUT2D eigenvalue weighted by Crippen LogP contribution is 2.19. The summed E-state index contributed by atoms with van der Waals surface area (Å²) in [6.07, 6.45) is 1.83. The first-order chi connectivity index (χ1) is 12.5.